The zero-order chi connectivity index (χ0) is 12.8. The van der Waals surface area contributed by atoms with E-state index >= 15 is 0 Å². The van der Waals surface area contributed by atoms with Crippen LogP contribution in [0.15, 0.2) is 0 Å². The van der Waals surface area contributed by atoms with E-state index in [9.17, 15) is 0 Å². The van der Waals surface area contributed by atoms with Gasteiger partial charge in [0, 0.05) is 10.9 Å². The molecular weight excluding hydrogens is 286 g/mol. The molecule has 0 unspecified atom stereocenters. The van der Waals surface area contributed by atoms with Crippen molar-refractivity contribution in [2.45, 2.75) is 82.0 Å². The number of hydrogen-bond donors (Lipinski definition) is 0. The van der Waals surface area contributed by atoms with Gasteiger partial charge in [-0.3, -0.25) is 0 Å². The fraction of sp³-hybridized carbons (Fsp3) is 1.00. The molecule has 18 heavy (non-hydrogen) atoms. The Kier molecular flexibility index (Phi) is 6.51. The first-order chi connectivity index (χ1) is 8.79. The van der Waals surface area contributed by atoms with Gasteiger partial charge in [-0.2, -0.15) is 0 Å². The van der Waals surface area contributed by atoms with Crippen LogP contribution in [0.5, 0.6) is 0 Å². The summed E-state index contributed by atoms with van der Waals surface area (Å²) in [5.74, 6) is 1.04. The van der Waals surface area contributed by atoms with E-state index in [2.05, 4.69) is 27.8 Å². The number of alkyl halides is 1. The van der Waals surface area contributed by atoms with Crippen LogP contribution in [0.3, 0.4) is 0 Å². The molecule has 0 bridgehead atoms. The van der Waals surface area contributed by atoms with Gasteiger partial charge >= 0.3 is 0 Å². The Morgan fingerprint density at radius 3 is 2.22 bits per heavy atom. The molecule has 2 aliphatic rings. The largest absolute Gasteiger partial charge is 0.300 e. The lowest BCUT2D eigenvalue weighted by atomic mass is 9.88. The number of hydrogen-bond acceptors (Lipinski definition) is 1. The molecule has 2 rings (SSSR count). The number of piperidine rings is 1. The van der Waals surface area contributed by atoms with E-state index in [0.717, 1.165) is 16.8 Å². The highest BCUT2D eigenvalue weighted by Gasteiger charge is 2.27. The smallest absolute Gasteiger partial charge is 0.0147 e. The van der Waals surface area contributed by atoms with Crippen molar-refractivity contribution >= 4 is 15.9 Å². The number of nitrogens with zero attached hydrogens (tertiary/aromatic N) is 1. The quantitative estimate of drug-likeness (QED) is 0.510. The Morgan fingerprint density at radius 1 is 0.944 bits per heavy atom. The lowest BCUT2D eigenvalue weighted by molar-refractivity contribution is 0.105. The van der Waals surface area contributed by atoms with Gasteiger partial charge in [-0.25, -0.2) is 0 Å². The summed E-state index contributed by atoms with van der Waals surface area (Å²) in [6, 6.07) is 0.912. The molecule has 0 radical (unpaired) electrons. The second kappa shape index (κ2) is 7.89. The van der Waals surface area contributed by atoms with Crippen LogP contribution >= 0.6 is 15.9 Å². The zero-order valence-corrected chi connectivity index (χ0v) is 13.6. The molecule has 1 heterocycles. The van der Waals surface area contributed by atoms with Crippen LogP contribution in [0.1, 0.15) is 71.1 Å². The highest BCUT2D eigenvalue weighted by Crippen LogP contribution is 2.31. The molecule has 0 spiro atoms. The van der Waals surface area contributed by atoms with Gasteiger partial charge in [0.05, 0.1) is 0 Å². The number of halogens is 1. The zero-order valence-electron chi connectivity index (χ0n) is 12.0. The van der Waals surface area contributed by atoms with Crippen molar-refractivity contribution in [2.75, 3.05) is 13.1 Å². The van der Waals surface area contributed by atoms with Crippen LogP contribution in [-0.4, -0.2) is 28.9 Å². The minimum Gasteiger partial charge on any atom is -0.300 e. The Morgan fingerprint density at radius 2 is 1.61 bits per heavy atom. The molecule has 0 aromatic rings. The molecule has 1 aliphatic heterocycles. The van der Waals surface area contributed by atoms with Gasteiger partial charge in [-0.15, -0.1) is 0 Å². The van der Waals surface area contributed by atoms with E-state index in [1.165, 1.54) is 77.3 Å². The molecule has 2 heteroatoms. The molecule has 1 saturated heterocycles. The molecule has 2 fully saturated rings. The van der Waals surface area contributed by atoms with Gasteiger partial charge in [-0.1, -0.05) is 48.5 Å². The van der Waals surface area contributed by atoms with Crippen molar-refractivity contribution in [3.05, 3.63) is 0 Å². The van der Waals surface area contributed by atoms with Gasteiger partial charge < -0.3 is 4.90 Å². The first-order valence-electron chi connectivity index (χ1n) is 8.17. The minimum absolute atomic E-state index is 0.806. The predicted octanol–water partition coefficient (Wildman–Crippen LogP) is 4.98. The van der Waals surface area contributed by atoms with E-state index in [1.807, 2.05) is 0 Å². The molecule has 0 atom stereocenters. The van der Waals surface area contributed by atoms with Crippen molar-refractivity contribution in [3.8, 4) is 0 Å². The van der Waals surface area contributed by atoms with Gasteiger partial charge in [0.15, 0.2) is 0 Å². The number of unbranched alkanes of at least 4 members (excludes halogenated alkanes) is 2. The molecule has 0 amide bonds. The van der Waals surface area contributed by atoms with E-state index in [-0.39, 0.29) is 0 Å². The molecular formula is C16H30BrN. The average molecular weight is 316 g/mol. The Labute approximate surface area is 122 Å². The summed E-state index contributed by atoms with van der Waals surface area (Å²) in [5, 5.41) is 0. The first-order valence-corrected chi connectivity index (χ1v) is 9.09. The first kappa shape index (κ1) is 14.8. The summed E-state index contributed by atoms with van der Waals surface area (Å²) in [4.78, 5) is 3.61. The minimum atomic E-state index is 0.806. The topological polar surface area (TPSA) is 3.24 Å². The summed E-state index contributed by atoms with van der Waals surface area (Å²) >= 11 is 3.77. The summed E-state index contributed by atoms with van der Waals surface area (Å²) in [5.41, 5.74) is 0. The normalized spacial score (nSPS) is 31.7. The summed E-state index contributed by atoms with van der Waals surface area (Å²) in [6.07, 6.45) is 14.3. The highest BCUT2D eigenvalue weighted by molar-refractivity contribution is 9.09. The third kappa shape index (κ3) is 4.52. The number of rotatable bonds is 5. The van der Waals surface area contributed by atoms with Crippen LogP contribution in [0, 0.1) is 5.92 Å². The van der Waals surface area contributed by atoms with Gasteiger partial charge in [-0.05, 0) is 57.5 Å². The molecule has 106 valence electrons. The molecule has 1 aliphatic carbocycles. The molecule has 1 nitrogen and oxygen atoms in total. The highest BCUT2D eigenvalue weighted by atomic mass is 79.9. The lowest BCUT2D eigenvalue weighted by Gasteiger charge is -2.40. The maximum Gasteiger partial charge on any atom is 0.0147 e. The van der Waals surface area contributed by atoms with Crippen LogP contribution in [0.2, 0.25) is 0 Å². The average Bonchev–Trinajstić information content (AvgIpc) is 2.41. The molecule has 0 N–H and O–H groups in total. The second-order valence-corrected chi connectivity index (χ2v) is 7.68. The Hall–Kier alpha value is 0.440. The fourth-order valence-corrected chi connectivity index (χ4v) is 4.22. The summed E-state index contributed by atoms with van der Waals surface area (Å²) in [6.45, 7) is 5.08. The Balaban J connectivity index is 1.63. The van der Waals surface area contributed by atoms with Crippen molar-refractivity contribution in [1.29, 1.82) is 0 Å². The molecule has 0 aromatic carbocycles. The van der Waals surface area contributed by atoms with Crippen LogP contribution in [0.25, 0.3) is 0 Å². The predicted molar refractivity (Wildman–Crippen MR) is 83.4 cm³/mol. The Bertz CT molecular complexity index is 215. The third-order valence-electron chi connectivity index (χ3n) is 5.01. The fourth-order valence-electron chi connectivity index (χ4n) is 3.69. The summed E-state index contributed by atoms with van der Waals surface area (Å²) < 4.78 is 0. The molecule has 1 saturated carbocycles. The van der Waals surface area contributed by atoms with E-state index in [1.54, 1.807) is 0 Å². The van der Waals surface area contributed by atoms with Crippen molar-refractivity contribution in [2.24, 2.45) is 5.92 Å². The van der Waals surface area contributed by atoms with Crippen molar-refractivity contribution in [1.82, 2.24) is 4.90 Å². The lowest BCUT2D eigenvalue weighted by Crippen LogP contribution is -2.43. The van der Waals surface area contributed by atoms with Gasteiger partial charge in [0.2, 0.25) is 0 Å². The maximum atomic E-state index is 3.77. The third-order valence-corrected chi connectivity index (χ3v) is 5.92. The maximum absolute atomic E-state index is 3.77. The summed E-state index contributed by atoms with van der Waals surface area (Å²) in [7, 11) is 0. The SMILES string of the molecule is CCCCCC1CCN(C2CCC(Br)CC2)CC1. The van der Waals surface area contributed by atoms with E-state index < -0.39 is 0 Å². The second-order valence-electron chi connectivity index (χ2n) is 6.38. The van der Waals surface area contributed by atoms with E-state index in [4.69, 9.17) is 0 Å². The van der Waals surface area contributed by atoms with Crippen molar-refractivity contribution < 1.29 is 0 Å². The van der Waals surface area contributed by atoms with Crippen LogP contribution < -0.4 is 0 Å². The van der Waals surface area contributed by atoms with Gasteiger partial charge in [0.1, 0.15) is 0 Å². The van der Waals surface area contributed by atoms with Crippen molar-refractivity contribution in [3.63, 3.8) is 0 Å². The molecule has 0 aromatic heterocycles. The number of likely N-dealkylation sites (tertiary alicyclic amines) is 1. The van der Waals surface area contributed by atoms with E-state index in [0.29, 0.717) is 0 Å². The standard InChI is InChI=1S/C16H30BrN/c1-2-3-4-5-14-10-12-18(13-11-14)16-8-6-15(17)7-9-16/h14-16H,2-13H2,1H3. The van der Waals surface area contributed by atoms with Gasteiger partial charge in [0.25, 0.3) is 0 Å². The monoisotopic (exact) mass is 315 g/mol. The van der Waals surface area contributed by atoms with Crippen LogP contribution in [-0.2, 0) is 0 Å². The van der Waals surface area contributed by atoms with Crippen LogP contribution in [0.4, 0.5) is 0 Å².